The van der Waals surface area contributed by atoms with E-state index in [4.69, 9.17) is 0 Å². The second-order valence-corrected chi connectivity index (χ2v) is 11.8. The number of phenolic OH excluding ortho intramolecular Hbond substituents is 1. The quantitative estimate of drug-likeness (QED) is 0.722. The van der Waals surface area contributed by atoms with E-state index in [0.29, 0.717) is 28.5 Å². The van der Waals surface area contributed by atoms with Crippen LogP contribution in [0.1, 0.15) is 68.2 Å². The summed E-state index contributed by atoms with van der Waals surface area (Å²) in [5.41, 5.74) is 6.03. The maximum Gasteiger partial charge on any atom is 0.120 e. The van der Waals surface area contributed by atoms with Crippen LogP contribution in [0.2, 0.25) is 0 Å². The molecule has 0 radical (unpaired) electrons. The van der Waals surface area contributed by atoms with Crippen LogP contribution in [0.25, 0.3) is 0 Å². The van der Waals surface area contributed by atoms with Crippen LogP contribution in [0.4, 0.5) is 0 Å². The summed E-state index contributed by atoms with van der Waals surface area (Å²) in [6.45, 7) is 11.4. The highest BCUT2D eigenvalue weighted by Gasteiger charge is 2.49. The summed E-state index contributed by atoms with van der Waals surface area (Å²) >= 11 is 0. The van der Waals surface area contributed by atoms with Gasteiger partial charge in [-0.3, -0.25) is 4.90 Å². The van der Waals surface area contributed by atoms with Gasteiger partial charge in [0.25, 0.3) is 0 Å². The van der Waals surface area contributed by atoms with Gasteiger partial charge in [-0.1, -0.05) is 57.2 Å². The minimum Gasteiger partial charge on any atom is -0.508 e. The first-order chi connectivity index (χ1) is 14.7. The molecule has 2 heterocycles. The Kier molecular flexibility index (Phi) is 5.18. The van der Waals surface area contributed by atoms with Crippen LogP contribution < -0.4 is 0 Å². The second-order valence-electron chi connectivity index (χ2n) is 11.8. The normalized spacial score (nSPS) is 30.7. The Morgan fingerprint density at radius 2 is 1.84 bits per heavy atom. The van der Waals surface area contributed by atoms with E-state index in [2.05, 4.69) is 80.1 Å². The van der Waals surface area contributed by atoms with E-state index in [1.165, 1.54) is 36.0 Å². The van der Waals surface area contributed by atoms with Gasteiger partial charge >= 0.3 is 0 Å². The maximum absolute atomic E-state index is 11.1. The van der Waals surface area contributed by atoms with Crippen LogP contribution in [-0.4, -0.2) is 47.6 Å². The molecule has 0 aromatic heterocycles. The number of likely N-dealkylation sites (N-methyl/N-ethyl adjacent to an activating group) is 1. The minimum absolute atomic E-state index is 0.314. The van der Waals surface area contributed by atoms with Crippen LogP contribution in [0.3, 0.4) is 0 Å². The van der Waals surface area contributed by atoms with E-state index < -0.39 is 0 Å². The van der Waals surface area contributed by atoms with Gasteiger partial charge in [0.15, 0.2) is 0 Å². The Balaban J connectivity index is 1.45. The van der Waals surface area contributed by atoms with Gasteiger partial charge < -0.3 is 10.0 Å². The van der Waals surface area contributed by atoms with Crippen LogP contribution in [0.5, 0.6) is 5.75 Å². The van der Waals surface area contributed by atoms with Crippen LogP contribution in [-0.2, 0) is 13.0 Å². The lowest BCUT2D eigenvalue weighted by molar-refractivity contribution is 0.126. The number of nitrogens with zero attached hydrogens (tertiary/aromatic N) is 2. The Morgan fingerprint density at radius 1 is 1.06 bits per heavy atom. The molecule has 2 bridgehead atoms. The zero-order valence-corrected chi connectivity index (χ0v) is 19.7. The maximum atomic E-state index is 11.1. The fourth-order valence-corrected chi connectivity index (χ4v) is 7.13. The zero-order chi connectivity index (χ0) is 21.8. The Morgan fingerprint density at radius 3 is 2.61 bits per heavy atom. The molecule has 3 atom stereocenters. The SMILES string of the molecule is CN1CCc2cc(CN3CC4(C)CC3CC(C)(C)C4)c(O)cc2C(c2ccccc2)C1. The van der Waals surface area contributed by atoms with Gasteiger partial charge in [0.05, 0.1) is 0 Å². The second kappa shape index (κ2) is 7.64. The third kappa shape index (κ3) is 4.15. The molecule has 1 saturated carbocycles. The number of hydrogen-bond acceptors (Lipinski definition) is 3. The molecule has 166 valence electrons. The van der Waals surface area contributed by atoms with E-state index >= 15 is 0 Å². The number of fused-ring (bicyclic) bond motifs is 3. The highest BCUT2D eigenvalue weighted by atomic mass is 16.3. The van der Waals surface area contributed by atoms with Gasteiger partial charge in [-0.2, -0.15) is 0 Å². The molecular weight excluding hydrogens is 380 g/mol. The largest absolute Gasteiger partial charge is 0.508 e. The number of rotatable bonds is 3. The summed E-state index contributed by atoms with van der Waals surface area (Å²) < 4.78 is 0. The first kappa shape index (κ1) is 21.0. The van der Waals surface area contributed by atoms with Crippen LogP contribution in [0.15, 0.2) is 42.5 Å². The van der Waals surface area contributed by atoms with Crippen molar-refractivity contribution in [3.63, 3.8) is 0 Å². The summed E-state index contributed by atoms with van der Waals surface area (Å²) in [6, 6.07) is 15.9. The van der Waals surface area contributed by atoms with Crippen molar-refractivity contribution in [3.05, 3.63) is 64.7 Å². The summed E-state index contributed by atoms with van der Waals surface area (Å²) in [5, 5.41) is 11.1. The third-order valence-corrected chi connectivity index (χ3v) is 8.07. The number of hydrogen-bond donors (Lipinski definition) is 1. The molecule has 2 aliphatic heterocycles. The molecule has 2 fully saturated rings. The average molecular weight is 419 g/mol. The molecule has 1 aliphatic carbocycles. The van der Waals surface area contributed by atoms with Crippen molar-refractivity contribution in [2.75, 3.05) is 26.7 Å². The van der Waals surface area contributed by atoms with E-state index in [0.717, 1.165) is 38.2 Å². The monoisotopic (exact) mass is 418 g/mol. The molecule has 2 aromatic rings. The van der Waals surface area contributed by atoms with Gasteiger partial charge in [-0.05, 0) is 66.3 Å². The number of likely N-dealkylation sites (tertiary alicyclic amines) is 1. The third-order valence-electron chi connectivity index (χ3n) is 8.07. The predicted molar refractivity (Wildman–Crippen MR) is 128 cm³/mol. The molecule has 5 rings (SSSR count). The molecule has 1 saturated heterocycles. The molecule has 3 heteroatoms. The Hall–Kier alpha value is -1.84. The van der Waals surface area contributed by atoms with Crippen molar-refractivity contribution >= 4 is 0 Å². The lowest BCUT2D eigenvalue weighted by Crippen LogP contribution is -2.34. The summed E-state index contributed by atoms with van der Waals surface area (Å²) in [7, 11) is 2.22. The topological polar surface area (TPSA) is 26.7 Å². The smallest absolute Gasteiger partial charge is 0.120 e. The summed E-state index contributed by atoms with van der Waals surface area (Å²) in [6.07, 6.45) is 4.95. The summed E-state index contributed by atoms with van der Waals surface area (Å²) in [5.74, 6) is 0.796. The van der Waals surface area contributed by atoms with E-state index in [1.54, 1.807) is 0 Å². The molecule has 2 aromatic carbocycles. The van der Waals surface area contributed by atoms with E-state index in [9.17, 15) is 5.11 Å². The molecule has 3 aliphatic rings. The number of phenols is 1. The zero-order valence-electron chi connectivity index (χ0n) is 19.7. The number of benzene rings is 2. The van der Waals surface area contributed by atoms with Crippen molar-refractivity contribution < 1.29 is 5.11 Å². The lowest BCUT2D eigenvalue weighted by Gasteiger charge is -2.40. The molecule has 31 heavy (non-hydrogen) atoms. The molecule has 0 amide bonds. The van der Waals surface area contributed by atoms with Gasteiger partial charge in [-0.25, -0.2) is 0 Å². The lowest BCUT2D eigenvalue weighted by atomic mass is 9.65. The predicted octanol–water partition coefficient (Wildman–Crippen LogP) is 5.41. The fraction of sp³-hybridized carbons (Fsp3) is 0.571. The molecule has 3 nitrogen and oxygen atoms in total. The average Bonchev–Trinajstić information content (AvgIpc) is 2.83. The highest BCUT2D eigenvalue weighted by Crippen LogP contribution is 2.53. The van der Waals surface area contributed by atoms with Crippen molar-refractivity contribution in [2.45, 2.75) is 65.0 Å². The van der Waals surface area contributed by atoms with E-state index in [-0.39, 0.29) is 0 Å². The van der Waals surface area contributed by atoms with Crippen molar-refractivity contribution in [2.24, 2.45) is 10.8 Å². The van der Waals surface area contributed by atoms with Crippen molar-refractivity contribution in [1.82, 2.24) is 9.80 Å². The molecule has 1 N–H and O–H groups in total. The molecule has 3 unspecified atom stereocenters. The van der Waals surface area contributed by atoms with Gasteiger partial charge in [0.2, 0.25) is 0 Å². The fourth-order valence-electron chi connectivity index (χ4n) is 7.13. The molecule has 0 spiro atoms. The standard InChI is InChI=1S/C28H38N2O/c1-27(2)14-23-15-28(3,18-27)19-30(23)16-22-12-21-10-11-29(4)17-25(24(21)13-26(22)31)20-8-6-5-7-9-20/h5-9,12-13,23,25,31H,10-11,14-19H2,1-4H3. The van der Waals surface area contributed by atoms with E-state index in [1.807, 2.05) is 0 Å². The summed E-state index contributed by atoms with van der Waals surface area (Å²) in [4.78, 5) is 5.09. The van der Waals surface area contributed by atoms with Crippen molar-refractivity contribution in [3.8, 4) is 5.75 Å². The van der Waals surface area contributed by atoms with Gasteiger partial charge in [0.1, 0.15) is 5.75 Å². The first-order valence-corrected chi connectivity index (χ1v) is 12.0. The van der Waals surface area contributed by atoms with Crippen molar-refractivity contribution in [1.29, 1.82) is 0 Å². The number of aromatic hydroxyl groups is 1. The van der Waals surface area contributed by atoms with Crippen LogP contribution >= 0.6 is 0 Å². The van der Waals surface area contributed by atoms with Gasteiger partial charge in [-0.15, -0.1) is 0 Å². The Labute approximate surface area is 188 Å². The Bertz CT molecular complexity index is 953. The highest BCUT2D eigenvalue weighted by molar-refractivity contribution is 5.47. The van der Waals surface area contributed by atoms with Gasteiger partial charge in [0, 0.05) is 43.7 Å². The minimum atomic E-state index is 0.314. The molecular formula is C28H38N2O. The first-order valence-electron chi connectivity index (χ1n) is 12.0. The van der Waals surface area contributed by atoms with Crippen LogP contribution in [0, 0.1) is 10.8 Å².